The Bertz CT molecular complexity index is 1310. The van der Waals surface area contributed by atoms with E-state index in [1.165, 1.54) is 38.4 Å². The summed E-state index contributed by atoms with van der Waals surface area (Å²) in [6.07, 6.45) is 1.21. The molecule has 1 heterocycles. The van der Waals surface area contributed by atoms with Crippen LogP contribution in [0.25, 0.3) is 0 Å². The highest BCUT2D eigenvalue weighted by Gasteiger charge is 2.31. The highest BCUT2D eigenvalue weighted by molar-refractivity contribution is 14.1. The molecular weight excluding hydrogens is 617 g/mol. The van der Waals surface area contributed by atoms with Gasteiger partial charge in [-0.15, -0.1) is 0 Å². The van der Waals surface area contributed by atoms with E-state index in [0.717, 1.165) is 13.6 Å². The normalized spacial score (nSPS) is 15.7. The van der Waals surface area contributed by atoms with Crippen LogP contribution >= 0.6 is 22.6 Å². The van der Waals surface area contributed by atoms with Crippen LogP contribution in [0.15, 0.2) is 52.3 Å². The second kappa shape index (κ2) is 10.8. The predicted octanol–water partition coefficient (Wildman–Crippen LogP) is 3.90. The molecule has 1 saturated heterocycles. The number of nitrogens with zero attached hydrogens (tertiary/aromatic N) is 2. The van der Waals surface area contributed by atoms with E-state index in [4.69, 9.17) is 4.74 Å². The van der Waals surface area contributed by atoms with E-state index in [2.05, 4.69) is 32.2 Å². The fourth-order valence-corrected chi connectivity index (χ4v) is 6.66. The Morgan fingerprint density at radius 2 is 1.56 bits per heavy atom. The summed E-state index contributed by atoms with van der Waals surface area (Å²) in [6, 6.07) is 10.5. The average Bonchev–Trinajstić information content (AvgIpc) is 2.78. The van der Waals surface area contributed by atoms with Crippen molar-refractivity contribution in [2.75, 3.05) is 36.8 Å². The molecule has 36 heavy (non-hydrogen) atoms. The SMILES string of the molecule is CN(C)S(=O)(=O)c1ccc(S(=O)(=O)Nc2cccc(I)c2N2CCC(C(=O)OC(C)(C)C)CC2)cc1. The number of rotatable bonds is 7. The van der Waals surface area contributed by atoms with E-state index >= 15 is 0 Å². The Morgan fingerprint density at radius 3 is 2.08 bits per heavy atom. The van der Waals surface area contributed by atoms with Gasteiger partial charge in [-0.05, 0) is 92.6 Å². The quantitative estimate of drug-likeness (QED) is 0.358. The maximum absolute atomic E-state index is 13.2. The van der Waals surface area contributed by atoms with Gasteiger partial charge >= 0.3 is 5.97 Å². The van der Waals surface area contributed by atoms with Gasteiger partial charge in [0.05, 0.1) is 27.1 Å². The molecule has 1 aliphatic rings. The minimum absolute atomic E-state index is 0.00857. The highest BCUT2D eigenvalue weighted by atomic mass is 127. The average molecular weight is 650 g/mol. The highest BCUT2D eigenvalue weighted by Crippen LogP contribution is 2.36. The molecule has 3 rings (SSSR count). The van der Waals surface area contributed by atoms with E-state index in [1.54, 1.807) is 12.1 Å². The third-order valence-corrected chi connectivity index (χ3v) is 9.78. The fourth-order valence-electron chi connectivity index (χ4n) is 3.85. The van der Waals surface area contributed by atoms with Gasteiger partial charge in [0.1, 0.15) is 5.60 Å². The second-order valence-corrected chi connectivity index (χ2v) is 14.8. The summed E-state index contributed by atoms with van der Waals surface area (Å²) >= 11 is 2.17. The van der Waals surface area contributed by atoms with Gasteiger partial charge in [-0.3, -0.25) is 9.52 Å². The smallest absolute Gasteiger partial charge is 0.309 e. The summed E-state index contributed by atoms with van der Waals surface area (Å²) in [5.41, 5.74) is 0.627. The number of ether oxygens (including phenoxy) is 1. The number of carbonyl (C=O) groups excluding carboxylic acids is 1. The molecule has 0 bridgehead atoms. The molecule has 0 aliphatic carbocycles. The summed E-state index contributed by atoms with van der Waals surface area (Å²) in [4.78, 5) is 14.5. The van der Waals surface area contributed by atoms with Crippen molar-refractivity contribution in [2.45, 2.75) is 49.0 Å². The Morgan fingerprint density at radius 1 is 1.00 bits per heavy atom. The number of para-hydroxylation sites is 1. The number of hydrogen-bond donors (Lipinski definition) is 1. The van der Waals surface area contributed by atoms with E-state index < -0.39 is 25.6 Å². The van der Waals surface area contributed by atoms with E-state index in [9.17, 15) is 21.6 Å². The van der Waals surface area contributed by atoms with Crippen LogP contribution in [0.3, 0.4) is 0 Å². The molecule has 198 valence electrons. The van der Waals surface area contributed by atoms with E-state index in [0.29, 0.717) is 31.6 Å². The summed E-state index contributed by atoms with van der Waals surface area (Å²) < 4.78 is 61.1. The lowest BCUT2D eigenvalue weighted by Crippen LogP contribution is -2.39. The molecular formula is C24H32IN3O6S2. The van der Waals surface area contributed by atoms with Crippen molar-refractivity contribution in [2.24, 2.45) is 5.92 Å². The number of halogens is 1. The standard InChI is InChI=1S/C24H32IN3O6S2/c1-24(2,3)34-23(29)17-13-15-28(16-14-17)22-20(25)7-6-8-21(22)26-35(30,31)18-9-11-19(12-10-18)36(32,33)27(4)5/h6-12,17,26H,13-16H2,1-5H3. The first-order valence-corrected chi connectivity index (χ1v) is 15.4. The molecule has 0 saturated carbocycles. The molecule has 0 aromatic heterocycles. The second-order valence-electron chi connectivity index (χ2n) is 9.80. The van der Waals surface area contributed by atoms with Crippen molar-refractivity contribution < 1.29 is 26.4 Å². The van der Waals surface area contributed by atoms with Crippen molar-refractivity contribution in [3.63, 3.8) is 0 Å². The molecule has 1 fully saturated rings. The van der Waals surface area contributed by atoms with Crippen LogP contribution < -0.4 is 9.62 Å². The number of anilines is 2. The molecule has 2 aromatic carbocycles. The molecule has 2 aromatic rings. The predicted molar refractivity (Wildman–Crippen MR) is 148 cm³/mol. The zero-order chi connectivity index (χ0) is 26.9. The van der Waals surface area contributed by atoms with Crippen LogP contribution in [0.1, 0.15) is 33.6 Å². The first-order valence-electron chi connectivity index (χ1n) is 11.4. The molecule has 0 amide bonds. The van der Waals surface area contributed by atoms with Gasteiger partial charge in [-0.25, -0.2) is 21.1 Å². The van der Waals surface area contributed by atoms with Crippen molar-refractivity contribution in [1.29, 1.82) is 0 Å². The maximum Gasteiger partial charge on any atom is 0.309 e. The van der Waals surface area contributed by atoms with Crippen molar-refractivity contribution in [1.82, 2.24) is 4.31 Å². The zero-order valence-corrected chi connectivity index (χ0v) is 24.8. The molecule has 1 N–H and O–H groups in total. The van der Waals surface area contributed by atoms with Gasteiger partial charge in [0.2, 0.25) is 10.0 Å². The van der Waals surface area contributed by atoms with Crippen LogP contribution in [0.5, 0.6) is 0 Å². The third kappa shape index (κ3) is 6.69. The molecule has 1 aliphatic heterocycles. The number of hydrogen-bond acceptors (Lipinski definition) is 7. The Kier molecular flexibility index (Phi) is 8.63. The van der Waals surface area contributed by atoms with Gasteiger partial charge in [0, 0.05) is 30.8 Å². The van der Waals surface area contributed by atoms with Gasteiger partial charge in [-0.1, -0.05) is 6.07 Å². The van der Waals surface area contributed by atoms with E-state index in [-0.39, 0.29) is 21.7 Å². The molecule has 9 nitrogen and oxygen atoms in total. The van der Waals surface area contributed by atoms with Crippen LogP contribution in [-0.4, -0.2) is 59.9 Å². The summed E-state index contributed by atoms with van der Waals surface area (Å²) in [5, 5.41) is 0. The minimum Gasteiger partial charge on any atom is -0.460 e. The Balaban J connectivity index is 1.80. The number of esters is 1. The molecule has 0 spiro atoms. The lowest BCUT2D eigenvalue weighted by molar-refractivity contribution is -0.160. The van der Waals surface area contributed by atoms with Crippen LogP contribution in [0, 0.1) is 9.49 Å². The Hall–Kier alpha value is -1.90. The van der Waals surface area contributed by atoms with Crippen LogP contribution in [0.4, 0.5) is 11.4 Å². The third-order valence-electron chi connectivity index (χ3n) is 5.70. The van der Waals surface area contributed by atoms with Crippen LogP contribution in [-0.2, 0) is 29.6 Å². The first-order chi connectivity index (χ1) is 16.6. The largest absolute Gasteiger partial charge is 0.460 e. The number of nitrogens with one attached hydrogen (secondary N) is 1. The summed E-state index contributed by atoms with van der Waals surface area (Å²) in [6.45, 7) is 6.70. The topological polar surface area (TPSA) is 113 Å². The first kappa shape index (κ1) is 28.7. The number of sulfonamides is 2. The van der Waals surface area contributed by atoms with Gasteiger partial charge in [-0.2, -0.15) is 0 Å². The summed E-state index contributed by atoms with van der Waals surface area (Å²) in [7, 11) is -4.82. The van der Waals surface area contributed by atoms with Gasteiger partial charge in [0.15, 0.2) is 0 Å². The summed E-state index contributed by atoms with van der Waals surface area (Å²) in [5.74, 6) is -0.399. The minimum atomic E-state index is -3.98. The van der Waals surface area contributed by atoms with Gasteiger partial charge in [0.25, 0.3) is 10.0 Å². The maximum atomic E-state index is 13.2. The lowest BCUT2D eigenvalue weighted by atomic mass is 9.96. The number of benzene rings is 2. The zero-order valence-electron chi connectivity index (χ0n) is 21.0. The molecule has 0 unspecified atom stereocenters. The van der Waals surface area contributed by atoms with Crippen molar-refractivity contribution in [3.05, 3.63) is 46.0 Å². The Labute approximate surface area is 227 Å². The van der Waals surface area contributed by atoms with Crippen molar-refractivity contribution >= 4 is 60.0 Å². The molecule has 0 atom stereocenters. The monoisotopic (exact) mass is 649 g/mol. The van der Waals surface area contributed by atoms with E-state index in [1.807, 2.05) is 26.8 Å². The van der Waals surface area contributed by atoms with Crippen molar-refractivity contribution in [3.8, 4) is 0 Å². The lowest BCUT2D eigenvalue weighted by Gasteiger charge is -2.35. The molecule has 12 heteroatoms. The van der Waals surface area contributed by atoms with Gasteiger partial charge < -0.3 is 9.64 Å². The molecule has 0 radical (unpaired) electrons. The van der Waals surface area contributed by atoms with Crippen LogP contribution in [0.2, 0.25) is 0 Å². The number of piperidine rings is 1. The number of carbonyl (C=O) groups is 1. The fraction of sp³-hybridized carbons (Fsp3) is 0.458.